The van der Waals surface area contributed by atoms with E-state index in [0.29, 0.717) is 55.7 Å². The lowest BCUT2D eigenvalue weighted by Gasteiger charge is -2.37. The van der Waals surface area contributed by atoms with Crippen LogP contribution in [-0.4, -0.2) is 97.1 Å². The van der Waals surface area contributed by atoms with E-state index in [4.69, 9.17) is 49.3 Å². The highest BCUT2D eigenvalue weighted by molar-refractivity contribution is 7.89. The Hall–Kier alpha value is -3.74. The number of hydrogen-bond donors (Lipinski definition) is 4. The molecule has 0 bridgehead atoms. The summed E-state index contributed by atoms with van der Waals surface area (Å²) in [5, 5.41) is 8.22. The molecule has 2 amide bonds. The first-order valence-corrected chi connectivity index (χ1v) is 19.9. The van der Waals surface area contributed by atoms with Crippen molar-refractivity contribution >= 4 is 61.9 Å². The van der Waals surface area contributed by atoms with E-state index in [-0.39, 0.29) is 58.9 Å². The molecule has 3 aromatic rings. The van der Waals surface area contributed by atoms with Crippen molar-refractivity contribution in [2.75, 3.05) is 32.7 Å². The highest BCUT2D eigenvalue weighted by Gasteiger charge is 2.38. The average Bonchev–Trinajstić information content (AvgIpc) is 3.12. The van der Waals surface area contributed by atoms with Crippen LogP contribution < -0.4 is 20.9 Å². The molecule has 55 heavy (non-hydrogen) atoms. The Bertz CT molecular complexity index is 1930. The molecule has 0 saturated carbocycles. The zero-order valence-electron chi connectivity index (χ0n) is 30.8. The van der Waals surface area contributed by atoms with Crippen molar-refractivity contribution in [3.63, 3.8) is 0 Å². The number of aliphatic carboxylic acids is 1. The van der Waals surface area contributed by atoms with Gasteiger partial charge in [-0.15, -0.1) is 0 Å². The van der Waals surface area contributed by atoms with Crippen LogP contribution in [0.15, 0.2) is 41.3 Å². The number of unbranched alkanes of at least 4 members (excludes halogenated alkanes) is 1. The zero-order valence-corrected chi connectivity index (χ0v) is 33.1. The number of piperazine rings is 1. The van der Waals surface area contributed by atoms with Crippen molar-refractivity contribution in [1.29, 1.82) is 0 Å². The predicted octanol–water partition coefficient (Wildman–Crippen LogP) is 5.33. The van der Waals surface area contributed by atoms with Gasteiger partial charge in [-0.05, 0) is 69.5 Å². The summed E-state index contributed by atoms with van der Waals surface area (Å²) in [7, 11) is -4.26. The number of alkyl halides is 3. The molecule has 1 saturated heterocycles. The second-order valence-electron chi connectivity index (χ2n) is 13.1. The lowest BCUT2D eigenvalue weighted by molar-refractivity contribution is -0.192. The molecular formula is C36H47Cl2F3N6O7S. The van der Waals surface area contributed by atoms with Crippen molar-refractivity contribution in [2.45, 2.75) is 89.1 Å². The Balaban J connectivity index is 0.00000106. The number of nitrogens with two attached hydrogens (primary N) is 2. The Morgan fingerprint density at radius 3 is 2.27 bits per heavy atom. The quantitative estimate of drug-likeness (QED) is 0.155. The molecule has 1 fully saturated rings. The van der Waals surface area contributed by atoms with Crippen LogP contribution in [0.5, 0.6) is 5.75 Å². The molecule has 1 aromatic heterocycles. The van der Waals surface area contributed by atoms with Crippen molar-refractivity contribution in [3.05, 3.63) is 63.3 Å². The molecule has 1 aliphatic heterocycles. The van der Waals surface area contributed by atoms with Gasteiger partial charge in [0.2, 0.25) is 21.8 Å². The van der Waals surface area contributed by atoms with Gasteiger partial charge in [-0.2, -0.15) is 17.9 Å². The number of amides is 2. The number of sulfonamides is 1. The molecule has 0 unspecified atom stereocenters. The molecule has 13 nitrogen and oxygen atoms in total. The van der Waals surface area contributed by atoms with E-state index in [1.165, 1.54) is 12.1 Å². The minimum absolute atomic E-state index is 0.0611. The normalized spacial score (nSPS) is 14.6. The molecule has 0 aliphatic carbocycles. The molecule has 1 aliphatic rings. The van der Waals surface area contributed by atoms with E-state index in [1.807, 2.05) is 39.0 Å². The second-order valence-corrected chi connectivity index (χ2v) is 15.5. The highest BCUT2D eigenvalue weighted by Crippen LogP contribution is 2.34. The first kappa shape index (κ1) is 45.6. The van der Waals surface area contributed by atoms with Crippen LogP contribution in [0.25, 0.3) is 10.9 Å². The van der Waals surface area contributed by atoms with Crippen LogP contribution in [-0.2, 0) is 31.0 Å². The molecule has 0 spiro atoms. The molecule has 2 aromatic carbocycles. The molecule has 2 atom stereocenters. The van der Waals surface area contributed by atoms with Gasteiger partial charge in [0.25, 0.3) is 0 Å². The summed E-state index contributed by atoms with van der Waals surface area (Å²) in [6.07, 6.45) is -1.73. The Morgan fingerprint density at radius 1 is 1.04 bits per heavy atom. The molecule has 6 N–H and O–H groups in total. The number of para-hydroxylation sites is 1. The molecule has 304 valence electrons. The summed E-state index contributed by atoms with van der Waals surface area (Å²) >= 11 is 13.2. The molecular weight excluding hydrogens is 788 g/mol. The van der Waals surface area contributed by atoms with E-state index in [2.05, 4.69) is 9.71 Å². The van der Waals surface area contributed by atoms with E-state index in [1.54, 1.807) is 15.9 Å². The van der Waals surface area contributed by atoms with E-state index in [9.17, 15) is 31.2 Å². The monoisotopic (exact) mass is 834 g/mol. The molecule has 2 heterocycles. The van der Waals surface area contributed by atoms with E-state index < -0.39 is 28.2 Å². The summed E-state index contributed by atoms with van der Waals surface area (Å²) in [4.78, 5) is 43.1. The van der Waals surface area contributed by atoms with Gasteiger partial charge < -0.3 is 31.1 Å². The third-order valence-corrected chi connectivity index (χ3v) is 11.2. The maximum absolute atomic E-state index is 13.8. The van der Waals surface area contributed by atoms with Gasteiger partial charge >= 0.3 is 12.1 Å². The number of aromatic nitrogens is 1. The Morgan fingerprint density at radius 2 is 1.67 bits per heavy atom. The average molecular weight is 836 g/mol. The number of carbonyl (C=O) groups excluding carboxylic acids is 2. The Kier molecular flexibility index (Phi) is 17.0. The smallest absolute Gasteiger partial charge is 0.487 e. The van der Waals surface area contributed by atoms with Gasteiger partial charge in [0, 0.05) is 60.3 Å². The first-order valence-electron chi connectivity index (χ1n) is 17.6. The molecule has 19 heteroatoms. The topological polar surface area (TPSA) is 198 Å². The fraction of sp³-hybridized carbons (Fsp3) is 0.500. The van der Waals surface area contributed by atoms with Crippen LogP contribution in [0.4, 0.5) is 13.2 Å². The highest BCUT2D eigenvalue weighted by atomic mass is 35.5. The lowest BCUT2D eigenvalue weighted by Crippen LogP contribution is -2.56. The summed E-state index contributed by atoms with van der Waals surface area (Å²) in [5.74, 6) is -2.65. The van der Waals surface area contributed by atoms with Gasteiger partial charge in [0.1, 0.15) is 28.8 Å². The van der Waals surface area contributed by atoms with Gasteiger partial charge in [0.15, 0.2) is 0 Å². The van der Waals surface area contributed by atoms with E-state index >= 15 is 0 Å². The van der Waals surface area contributed by atoms with Crippen molar-refractivity contribution in [3.8, 4) is 5.75 Å². The van der Waals surface area contributed by atoms with E-state index in [0.717, 1.165) is 29.5 Å². The fourth-order valence-electron chi connectivity index (χ4n) is 5.86. The number of ether oxygens (including phenoxy) is 1. The summed E-state index contributed by atoms with van der Waals surface area (Å²) in [5.41, 5.74) is 14.5. The second kappa shape index (κ2) is 20.4. The molecule has 4 rings (SSSR count). The number of carbonyl (C=O) groups is 3. The van der Waals surface area contributed by atoms with Crippen LogP contribution in [0.2, 0.25) is 10.0 Å². The maximum atomic E-state index is 13.8. The number of benzene rings is 2. The number of carboxylic acid groups (broad SMARTS) is 1. The third kappa shape index (κ3) is 12.9. The zero-order chi connectivity index (χ0) is 41.1. The largest absolute Gasteiger partial charge is 0.490 e. The molecule has 0 radical (unpaired) electrons. The SMILES string of the molecule is CCCC[C@@H](NS(=O)(=O)c1ccc(Cl)c(COc2cccc3c(C)cc(C)nc23)c1Cl)C(=O)N1CCN(C(=O)C[C@@H](N)CCCN)CC1.O=C(O)C(F)(F)F. The minimum Gasteiger partial charge on any atom is -0.487 e. The van der Waals surface area contributed by atoms with Crippen molar-refractivity contribution < 1.29 is 45.8 Å². The minimum atomic E-state index is -5.08. The van der Waals surface area contributed by atoms with Crippen molar-refractivity contribution in [1.82, 2.24) is 19.5 Å². The lowest BCUT2D eigenvalue weighted by atomic mass is 10.1. The first-order chi connectivity index (χ1) is 25.8. The van der Waals surface area contributed by atoms with Crippen molar-refractivity contribution in [2.24, 2.45) is 11.5 Å². The number of rotatable bonds is 15. The number of halogens is 5. The van der Waals surface area contributed by atoms with Crippen LogP contribution >= 0.6 is 23.2 Å². The number of nitrogens with one attached hydrogen (secondary N) is 1. The summed E-state index contributed by atoms with van der Waals surface area (Å²) in [6, 6.07) is 9.11. The van der Waals surface area contributed by atoms with Gasteiger partial charge in [0.05, 0.1) is 5.02 Å². The number of pyridine rings is 1. The number of fused-ring (bicyclic) bond motifs is 1. The number of carboxylic acids is 1. The van der Waals surface area contributed by atoms with Gasteiger partial charge in [-0.1, -0.05) is 55.1 Å². The third-order valence-electron chi connectivity index (χ3n) is 8.79. The van der Waals surface area contributed by atoms with Crippen LogP contribution in [0, 0.1) is 13.8 Å². The Labute approximate surface area is 328 Å². The van der Waals surface area contributed by atoms with Crippen LogP contribution in [0.3, 0.4) is 0 Å². The van der Waals surface area contributed by atoms with Gasteiger partial charge in [-0.3, -0.25) is 9.59 Å². The van der Waals surface area contributed by atoms with Crippen LogP contribution in [0.1, 0.15) is 62.3 Å². The number of aryl methyl sites for hydroxylation is 2. The summed E-state index contributed by atoms with van der Waals surface area (Å²) in [6.45, 7) is 7.56. The maximum Gasteiger partial charge on any atom is 0.490 e. The number of hydrogen-bond acceptors (Lipinski definition) is 9. The number of nitrogens with zero attached hydrogens (tertiary/aromatic N) is 3. The fourth-order valence-corrected chi connectivity index (χ4v) is 7.97. The standard InChI is InChI=1S/C34H46Cl2N6O5S.C2HF3O2/c1-4-5-10-28(34(44)42-17-15-41(16-18-42)31(43)20-24(38)8-7-14-37)40-48(45,46)30-13-12-27(35)26(32(30)36)21-47-29-11-6-9-25-22(2)19-23(3)39-33(25)29;3-2(4,5)1(6)7/h6,9,11-13,19,24,28,40H,4-5,7-8,10,14-18,20-21,37-38H2,1-3H3;(H,6,7)/t24-,28+;/m0./s1. The summed E-state index contributed by atoms with van der Waals surface area (Å²) < 4.78 is 68.0. The predicted molar refractivity (Wildman–Crippen MR) is 203 cm³/mol. The van der Waals surface area contributed by atoms with Gasteiger partial charge in [-0.25, -0.2) is 18.2 Å².